The van der Waals surface area contributed by atoms with E-state index < -0.39 is 21.7 Å². The van der Waals surface area contributed by atoms with Gasteiger partial charge < -0.3 is 15.8 Å². The fourth-order valence-corrected chi connectivity index (χ4v) is 5.51. The number of nitrogens with zero attached hydrogens (tertiary/aromatic N) is 4. The molecule has 0 unspecified atom stereocenters. The second-order valence-corrected chi connectivity index (χ2v) is 11.5. The Balaban J connectivity index is 1.45. The predicted octanol–water partition coefficient (Wildman–Crippen LogP) is 2.80. The molecule has 0 aliphatic heterocycles. The molecular weight excluding hydrogens is 470 g/mol. The highest BCUT2D eigenvalue weighted by molar-refractivity contribution is 7.89. The minimum Gasteiger partial charge on any atom is -0.444 e. The van der Waals surface area contributed by atoms with Gasteiger partial charge in [-0.2, -0.15) is 5.10 Å². The van der Waals surface area contributed by atoms with Crippen molar-refractivity contribution < 1.29 is 17.9 Å². The van der Waals surface area contributed by atoms with E-state index in [-0.39, 0.29) is 22.8 Å². The van der Waals surface area contributed by atoms with E-state index in [2.05, 4.69) is 25.1 Å². The molecule has 4 N–H and O–H groups in total. The van der Waals surface area contributed by atoms with Crippen LogP contribution < -0.4 is 15.8 Å². The molecule has 35 heavy (non-hydrogen) atoms. The molecule has 2 heterocycles. The molecule has 1 aliphatic rings. The lowest BCUT2D eigenvalue weighted by Crippen LogP contribution is -2.45. The Morgan fingerprint density at radius 2 is 1.83 bits per heavy atom. The Hall–Kier alpha value is -3.25. The summed E-state index contributed by atoms with van der Waals surface area (Å²) in [6.45, 7) is 7.33. The molecule has 0 saturated heterocycles. The van der Waals surface area contributed by atoms with Crippen molar-refractivity contribution >= 4 is 27.6 Å². The maximum Gasteiger partial charge on any atom is 0.407 e. The number of aryl methyl sites for hydroxylation is 1. The lowest BCUT2D eigenvalue weighted by Gasteiger charge is -2.30. The number of anilines is 1. The largest absolute Gasteiger partial charge is 0.444 e. The summed E-state index contributed by atoms with van der Waals surface area (Å²) in [5, 5.41) is 7.08. The molecule has 1 aromatic carbocycles. The highest BCUT2D eigenvalue weighted by atomic mass is 32.2. The Kier molecular flexibility index (Phi) is 6.69. The van der Waals surface area contributed by atoms with Crippen molar-refractivity contribution in [2.45, 2.75) is 76.0 Å². The zero-order valence-electron chi connectivity index (χ0n) is 20.3. The maximum absolute atomic E-state index is 13.2. The van der Waals surface area contributed by atoms with E-state index >= 15 is 0 Å². The van der Waals surface area contributed by atoms with E-state index in [0.29, 0.717) is 42.6 Å². The summed E-state index contributed by atoms with van der Waals surface area (Å²) in [7, 11) is -3.77. The van der Waals surface area contributed by atoms with Crippen LogP contribution in [0.1, 0.15) is 52.0 Å². The number of rotatable bonds is 5. The number of sulfonamides is 1. The van der Waals surface area contributed by atoms with Crippen LogP contribution in [-0.4, -0.2) is 51.8 Å². The van der Waals surface area contributed by atoms with Crippen molar-refractivity contribution in [2.75, 3.05) is 5.73 Å². The van der Waals surface area contributed by atoms with E-state index in [1.54, 1.807) is 28.9 Å². The SMILES string of the molecule is Cc1ccc(S(=O)(=O)N[C@H]2CC[C@H](NC(=O)OC(C)(C)C)CC2)cc1-c1cnc2c(N)ncnn12. The van der Waals surface area contributed by atoms with E-state index in [1.165, 1.54) is 6.33 Å². The van der Waals surface area contributed by atoms with Crippen molar-refractivity contribution in [3.63, 3.8) is 0 Å². The molecular formula is C23H31N7O4S. The maximum atomic E-state index is 13.2. The number of nitrogens with one attached hydrogen (secondary N) is 2. The van der Waals surface area contributed by atoms with Gasteiger partial charge >= 0.3 is 6.09 Å². The van der Waals surface area contributed by atoms with E-state index in [0.717, 1.165) is 5.56 Å². The highest BCUT2D eigenvalue weighted by Gasteiger charge is 2.28. The number of nitrogens with two attached hydrogens (primary N) is 1. The summed E-state index contributed by atoms with van der Waals surface area (Å²) in [6.07, 6.45) is 5.03. The summed E-state index contributed by atoms with van der Waals surface area (Å²) < 4.78 is 36.1. The van der Waals surface area contributed by atoms with E-state index in [9.17, 15) is 13.2 Å². The Morgan fingerprint density at radius 1 is 1.14 bits per heavy atom. The van der Waals surface area contributed by atoms with Gasteiger partial charge in [0.25, 0.3) is 0 Å². The number of amides is 1. The first kappa shape index (κ1) is 24.9. The third kappa shape index (κ3) is 5.70. The van der Waals surface area contributed by atoms with Gasteiger partial charge in [-0.1, -0.05) is 6.07 Å². The average molecular weight is 502 g/mol. The summed E-state index contributed by atoms with van der Waals surface area (Å²) >= 11 is 0. The highest BCUT2D eigenvalue weighted by Crippen LogP contribution is 2.28. The molecule has 1 amide bonds. The van der Waals surface area contributed by atoms with Gasteiger partial charge in [0.1, 0.15) is 11.9 Å². The normalized spacial score (nSPS) is 19.0. The molecule has 2 aromatic heterocycles. The van der Waals surface area contributed by atoms with Crippen LogP contribution in [0.25, 0.3) is 16.9 Å². The third-order valence-electron chi connectivity index (χ3n) is 5.90. The molecule has 11 nitrogen and oxygen atoms in total. The number of nitrogen functional groups attached to an aromatic ring is 1. The zero-order chi connectivity index (χ0) is 25.4. The number of hydrogen-bond acceptors (Lipinski definition) is 8. The van der Waals surface area contributed by atoms with Gasteiger partial charge in [0.15, 0.2) is 11.5 Å². The molecule has 0 spiro atoms. The summed E-state index contributed by atoms with van der Waals surface area (Å²) in [4.78, 5) is 20.4. The fraction of sp³-hybridized carbons (Fsp3) is 0.478. The number of carbonyl (C=O) groups excluding carboxylic acids is 1. The van der Waals surface area contributed by atoms with Crippen LogP contribution in [0.5, 0.6) is 0 Å². The van der Waals surface area contributed by atoms with Crippen LogP contribution in [0.15, 0.2) is 35.6 Å². The Morgan fingerprint density at radius 3 is 2.51 bits per heavy atom. The minimum atomic E-state index is -3.77. The van der Waals surface area contributed by atoms with Crippen molar-refractivity contribution in [1.82, 2.24) is 29.6 Å². The first-order valence-corrected chi connectivity index (χ1v) is 13.0. The standard InChI is InChI=1S/C23H31N7O4S/c1-14-5-10-17(11-18(14)19-12-25-21-20(24)26-13-27-30(19)21)35(32,33)29-16-8-6-15(7-9-16)28-22(31)34-23(2,3)4/h5,10-13,15-16,29H,6-9H2,1-4H3,(H,28,31)(H2,24,26,27)/t15-,16-. The van der Waals surface area contributed by atoms with Crippen LogP contribution in [0.3, 0.4) is 0 Å². The number of fused-ring (bicyclic) bond motifs is 1. The van der Waals surface area contributed by atoms with Gasteiger partial charge in [0.05, 0.1) is 16.8 Å². The van der Waals surface area contributed by atoms with Gasteiger partial charge in [0, 0.05) is 17.6 Å². The molecule has 4 rings (SSSR count). The van der Waals surface area contributed by atoms with Crippen molar-refractivity contribution in [3.8, 4) is 11.3 Å². The Labute approximate surface area is 204 Å². The molecule has 0 atom stereocenters. The molecule has 188 valence electrons. The van der Waals surface area contributed by atoms with Gasteiger partial charge in [-0.05, 0) is 71.1 Å². The van der Waals surface area contributed by atoms with Crippen LogP contribution >= 0.6 is 0 Å². The lowest BCUT2D eigenvalue weighted by molar-refractivity contribution is 0.0490. The Bertz CT molecular complexity index is 1340. The summed E-state index contributed by atoms with van der Waals surface area (Å²) in [6, 6.07) is 4.71. The smallest absolute Gasteiger partial charge is 0.407 e. The van der Waals surface area contributed by atoms with Crippen LogP contribution in [0, 0.1) is 6.92 Å². The molecule has 1 saturated carbocycles. The van der Waals surface area contributed by atoms with Crippen molar-refractivity contribution in [2.24, 2.45) is 0 Å². The number of imidazole rings is 1. The molecule has 12 heteroatoms. The number of aromatic nitrogens is 4. The van der Waals surface area contributed by atoms with E-state index in [1.807, 2.05) is 27.7 Å². The van der Waals surface area contributed by atoms with Crippen LogP contribution in [0.4, 0.5) is 10.6 Å². The average Bonchev–Trinajstić information content (AvgIpc) is 3.19. The third-order valence-corrected chi connectivity index (χ3v) is 7.41. The second kappa shape index (κ2) is 9.42. The van der Waals surface area contributed by atoms with Gasteiger partial charge in [-0.25, -0.2) is 32.4 Å². The number of ether oxygens (including phenoxy) is 1. The molecule has 3 aromatic rings. The van der Waals surface area contributed by atoms with Crippen molar-refractivity contribution in [1.29, 1.82) is 0 Å². The fourth-order valence-electron chi connectivity index (χ4n) is 4.18. The molecule has 1 fully saturated rings. The van der Waals surface area contributed by atoms with Gasteiger partial charge in [-0.3, -0.25) is 0 Å². The van der Waals surface area contributed by atoms with Crippen LogP contribution in [-0.2, 0) is 14.8 Å². The summed E-state index contributed by atoms with van der Waals surface area (Å²) in [5.74, 6) is 0.242. The van der Waals surface area contributed by atoms with Crippen molar-refractivity contribution in [3.05, 3.63) is 36.3 Å². The number of hydrogen-bond donors (Lipinski definition) is 3. The lowest BCUT2D eigenvalue weighted by atomic mass is 9.92. The molecule has 1 aliphatic carbocycles. The van der Waals surface area contributed by atoms with Crippen LogP contribution in [0.2, 0.25) is 0 Å². The first-order chi connectivity index (χ1) is 16.4. The van der Waals surface area contributed by atoms with Gasteiger partial charge in [0.2, 0.25) is 10.0 Å². The predicted molar refractivity (Wildman–Crippen MR) is 131 cm³/mol. The molecule has 0 bridgehead atoms. The second-order valence-electron chi connectivity index (χ2n) is 9.82. The number of alkyl carbamates (subject to hydrolysis) is 1. The number of benzene rings is 1. The first-order valence-electron chi connectivity index (χ1n) is 11.5. The molecule has 0 radical (unpaired) electrons. The van der Waals surface area contributed by atoms with E-state index in [4.69, 9.17) is 10.5 Å². The zero-order valence-corrected chi connectivity index (χ0v) is 21.1. The topological polar surface area (TPSA) is 154 Å². The minimum absolute atomic E-state index is 0.0406. The summed E-state index contributed by atoms with van der Waals surface area (Å²) in [5.41, 5.74) is 7.90. The quantitative estimate of drug-likeness (QED) is 0.482. The van der Waals surface area contributed by atoms with Gasteiger partial charge in [-0.15, -0.1) is 0 Å². The number of carbonyl (C=O) groups is 1. The monoisotopic (exact) mass is 501 g/mol.